The standard InChI is InChI=1S/C22H26N6O2/c29-20(26-10-7-15(8-11-26)27-13-23-24-14-27)18-12-16-4-3-9-28(16)22(18)17-5-1-2-6-19(17)25-21(22)30/h1-2,5-6,13-16,18H,3-4,7-12H2,(H,25,30)/t16-,18-,22+/m1/s1. The molecule has 1 aromatic carbocycles. The number of amides is 2. The first kappa shape index (κ1) is 18.1. The topological polar surface area (TPSA) is 83.4 Å². The number of likely N-dealkylation sites (tertiary alicyclic amines) is 1. The Morgan fingerprint density at radius 3 is 2.60 bits per heavy atom. The lowest BCUT2D eigenvalue weighted by Gasteiger charge is -2.40. The first-order valence-electron chi connectivity index (χ1n) is 11.0. The number of anilines is 1. The summed E-state index contributed by atoms with van der Waals surface area (Å²) in [5.74, 6) is -0.206. The van der Waals surface area contributed by atoms with Gasteiger partial charge >= 0.3 is 0 Å². The summed E-state index contributed by atoms with van der Waals surface area (Å²) < 4.78 is 2.04. The average Bonchev–Trinajstić information content (AvgIpc) is 3.54. The molecular weight excluding hydrogens is 380 g/mol. The van der Waals surface area contributed by atoms with Crippen LogP contribution in [0.5, 0.6) is 0 Å². The molecule has 1 N–H and O–H groups in total. The number of hydrogen-bond acceptors (Lipinski definition) is 5. The van der Waals surface area contributed by atoms with E-state index in [1.165, 1.54) is 0 Å². The number of benzene rings is 1. The van der Waals surface area contributed by atoms with Crippen molar-refractivity contribution in [2.24, 2.45) is 5.92 Å². The fourth-order valence-electron chi connectivity index (χ4n) is 6.36. The van der Waals surface area contributed by atoms with Gasteiger partial charge in [-0.15, -0.1) is 10.2 Å². The smallest absolute Gasteiger partial charge is 0.250 e. The molecule has 3 saturated heterocycles. The van der Waals surface area contributed by atoms with Crippen molar-refractivity contribution in [3.8, 4) is 0 Å². The van der Waals surface area contributed by atoms with E-state index in [1.54, 1.807) is 12.7 Å². The van der Waals surface area contributed by atoms with E-state index < -0.39 is 5.54 Å². The van der Waals surface area contributed by atoms with Crippen molar-refractivity contribution in [1.29, 1.82) is 0 Å². The van der Waals surface area contributed by atoms with Crippen molar-refractivity contribution in [2.45, 2.75) is 49.7 Å². The lowest BCUT2D eigenvalue weighted by Crippen LogP contribution is -2.55. The third-order valence-electron chi connectivity index (χ3n) is 7.71. The zero-order chi connectivity index (χ0) is 20.3. The highest BCUT2D eigenvalue weighted by Gasteiger charge is 2.65. The predicted molar refractivity (Wildman–Crippen MR) is 109 cm³/mol. The van der Waals surface area contributed by atoms with Crippen molar-refractivity contribution in [3.63, 3.8) is 0 Å². The molecular formula is C22H26N6O2. The Kier molecular flexibility index (Phi) is 3.99. The van der Waals surface area contributed by atoms with E-state index >= 15 is 0 Å². The summed E-state index contributed by atoms with van der Waals surface area (Å²) in [6.07, 6.45) is 8.21. The summed E-state index contributed by atoms with van der Waals surface area (Å²) >= 11 is 0. The van der Waals surface area contributed by atoms with Gasteiger partial charge in [-0.05, 0) is 44.7 Å². The lowest BCUT2D eigenvalue weighted by atomic mass is 9.77. The highest BCUT2D eigenvalue weighted by Crippen LogP contribution is 2.55. The Balaban J connectivity index is 1.31. The molecule has 0 saturated carbocycles. The minimum atomic E-state index is -0.847. The number of aromatic nitrogens is 3. The molecule has 0 unspecified atom stereocenters. The highest BCUT2D eigenvalue weighted by atomic mass is 16.2. The maximum atomic E-state index is 13.8. The van der Waals surface area contributed by atoms with E-state index in [4.69, 9.17) is 0 Å². The quantitative estimate of drug-likeness (QED) is 0.822. The van der Waals surface area contributed by atoms with Crippen molar-refractivity contribution in [2.75, 3.05) is 25.0 Å². The van der Waals surface area contributed by atoms with E-state index in [1.807, 2.05) is 33.7 Å². The number of nitrogens with one attached hydrogen (secondary N) is 1. The normalized spacial score (nSPS) is 31.2. The number of carbonyl (C=O) groups is 2. The molecule has 0 bridgehead atoms. The van der Waals surface area contributed by atoms with Gasteiger partial charge in [0, 0.05) is 36.4 Å². The summed E-state index contributed by atoms with van der Waals surface area (Å²) in [7, 11) is 0. The minimum Gasteiger partial charge on any atom is -0.342 e. The van der Waals surface area contributed by atoms with Crippen LogP contribution in [0.2, 0.25) is 0 Å². The first-order valence-corrected chi connectivity index (χ1v) is 11.0. The molecule has 8 heteroatoms. The average molecular weight is 406 g/mol. The molecule has 8 nitrogen and oxygen atoms in total. The van der Waals surface area contributed by atoms with Gasteiger partial charge in [0.05, 0.1) is 5.92 Å². The summed E-state index contributed by atoms with van der Waals surface area (Å²) in [6, 6.07) is 8.56. The molecule has 5 heterocycles. The van der Waals surface area contributed by atoms with Gasteiger partial charge in [0.15, 0.2) is 0 Å². The molecule has 156 valence electrons. The third kappa shape index (κ3) is 2.37. The Morgan fingerprint density at radius 1 is 1.03 bits per heavy atom. The number of nitrogens with zero attached hydrogens (tertiary/aromatic N) is 5. The van der Waals surface area contributed by atoms with Crippen LogP contribution < -0.4 is 5.32 Å². The molecule has 0 aliphatic carbocycles. The van der Waals surface area contributed by atoms with Crippen molar-refractivity contribution >= 4 is 17.5 Å². The zero-order valence-corrected chi connectivity index (χ0v) is 16.9. The Bertz CT molecular complexity index is 983. The lowest BCUT2D eigenvalue weighted by molar-refractivity contribution is -0.145. The molecule has 6 rings (SSSR count). The van der Waals surface area contributed by atoms with Gasteiger partial charge in [0.1, 0.15) is 18.2 Å². The van der Waals surface area contributed by atoms with Gasteiger partial charge in [0.2, 0.25) is 11.8 Å². The molecule has 30 heavy (non-hydrogen) atoms. The van der Waals surface area contributed by atoms with Crippen molar-refractivity contribution < 1.29 is 9.59 Å². The van der Waals surface area contributed by atoms with Gasteiger partial charge in [-0.1, -0.05) is 18.2 Å². The zero-order valence-electron chi connectivity index (χ0n) is 16.9. The van der Waals surface area contributed by atoms with E-state index in [0.29, 0.717) is 25.2 Å². The van der Waals surface area contributed by atoms with Crippen LogP contribution in [0.3, 0.4) is 0 Å². The Labute approximate surface area is 175 Å². The molecule has 4 aliphatic rings. The molecule has 2 amide bonds. The monoisotopic (exact) mass is 406 g/mol. The van der Waals surface area contributed by atoms with Crippen molar-refractivity contribution in [1.82, 2.24) is 24.6 Å². The molecule has 3 atom stereocenters. The number of carbonyl (C=O) groups excluding carboxylic acids is 2. The van der Waals surface area contributed by atoms with Crippen LogP contribution in [0, 0.1) is 5.92 Å². The van der Waals surface area contributed by atoms with Crippen LogP contribution >= 0.6 is 0 Å². The van der Waals surface area contributed by atoms with Crippen LogP contribution in [0.25, 0.3) is 0 Å². The fourth-order valence-corrected chi connectivity index (χ4v) is 6.36. The second kappa shape index (κ2) is 6.63. The summed E-state index contributed by atoms with van der Waals surface area (Å²) in [4.78, 5) is 31.6. The number of piperidine rings is 1. The first-order chi connectivity index (χ1) is 14.7. The van der Waals surface area contributed by atoms with Crippen LogP contribution in [0.1, 0.15) is 43.7 Å². The number of rotatable bonds is 2. The van der Waals surface area contributed by atoms with Crippen LogP contribution in [0.15, 0.2) is 36.9 Å². The summed E-state index contributed by atoms with van der Waals surface area (Å²) in [5.41, 5.74) is 0.997. The third-order valence-corrected chi connectivity index (χ3v) is 7.71. The largest absolute Gasteiger partial charge is 0.342 e. The highest BCUT2D eigenvalue weighted by molar-refractivity contribution is 6.09. The van der Waals surface area contributed by atoms with Crippen molar-refractivity contribution in [3.05, 3.63) is 42.5 Å². The van der Waals surface area contributed by atoms with Gasteiger partial charge in [-0.3, -0.25) is 14.5 Å². The van der Waals surface area contributed by atoms with E-state index in [-0.39, 0.29) is 17.7 Å². The number of hydrogen-bond donors (Lipinski definition) is 1. The molecule has 2 aromatic rings. The van der Waals surface area contributed by atoms with E-state index in [9.17, 15) is 9.59 Å². The Morgan fingerprint density at radius 2 is 1.80 bits per heavy atom. The van der Waals surface area contributed by atoms with Gasteiger partial charge in [-0.2, -0.15) is 0 Å². The second-order valence-electron chi connectivity index (χ2n) is 9.01. The maximum Gasteiger partial charge on any atom is 0.250 e. The van der Waals surface area contributed by atoms with Gasteiger partial charge in [0.25, 0.3) is 0 Å². The minimum absolute atomic E-state index is 0.0224. The predicted octanol–water partition coefficient (Wildman–Crippen LogP) is 1.77. The van der Waals surface area contributed by atoms with E-state index in [2.05, 4.69) is 20.4 Å². The summed E-state index contributed by atoms with van der Waals surface area (Å²) in [6.45, 7) is 2.30. The second-order valence-corrected chi connectivity index (χ2v) is 9.01. The molecule has 4 aliphatic heterocycles. The van der Waals surface area contributed by atoms with Crippen LogP contribution in [-0.2, 0) is 15.1 Å². The van der Waals surface area contributed by atoms with E-state index in [0.717, 1.165) is 49.9 Å². The maximum absolute atomic E-state index is 13.8. The molecule has 0 radical (unpaired) electrons. The molecule has 3 fully saturated rings. The van der Waals surface area contributed by atoms with Gasteiger partial charge in [-0.25, -0.2) is 0 Å². The van der Waals surface area contributed by atoms with Crippen LogP contribution in [-0.4, -0.2) is 62.1 Å². The number of fused-ring (bicyclic) bond motifs is 4. The van der Waals surface area contributed by atoms with Gasteiger partial charge < -0.3 is 14.8 Å². The Hall–Kier alpha value is -2.74. The SMILES string of the molecule is O=C([C@H]1C[C@H]2CCCN2[C@]12C(=O)Nc1ccccc12)N1CCC(n2cnnc2)CC1. The number of para-hydroxylation sites is 1. The molecule has 1 aromatic heterocycles. The fraction of sp³-hybridized carbons (Fsp3) is 0.545. The van der Waals surface area contributed by atoms with Crippen LogP contribution in [0.4, 0.5) is 5.69 Å². The summed E-state index contributed by atoms with van der Waals surface area (Å²) in [5, 5.41) is 10.9. The molecule has 1 spiro atoms.